The number of rotatable bonds is 5. The van der Waals surface area contributed by atoms with Gasteiger partial charge in [-0.2, -0.15) is 0 Å². The lowest BCUT2D eigenvalue weighted by molar-refractivity contribution is -0.384. The Morgan fingerprint density at radius 3 is 2.79 bits per heavy atom. The Labute approximate surface area is 134 Å². The molecule has 0 aliphatic carbocycles. The molecule has 10 heteroatoms. The van der Waals surface area contributed by atoms with Crippen molar-refractivity contribution in [2.24, 2.45) is 0 Å². The number of hydrogen-bond acceptors (Lipinski definition) is 7. The van der Waals surface area contributed by atoms with Crippen LogP contribution in [0.15, 0.2) is 36.4 Å². The van der Waals surface area contributed by atoms with Gasteiger partial charge in [0, 0.05) is 17.8 Å². The molecule has 2 aromatic carbocycles. The number of fused-ring (bicyclic) bond motifs is 1. The highest BCUT2D eigenvalue weighted by atomic mass is 16.6. The smallest absolute Gasteiger partial charge is 0.339 e. The Morgan fingerprint density at radius 1 is 1.29 bits per heavy atom. The fraction of sp³-hybridized carbons (Fsp3) is 0.0714. The van der Waals surface area contributed by atoms with E-state index in [0.717, 1.165) is 0 Å². The van der Waals surface area contributed by atoms with Crippen molar-refractivity contribution in [1.29, 1.82) is 0 Å². The van der Waals surface area contributed by atoms with E-state index in [9.17, 15) is 20.0 Å². The SMILES string of the molecule is O=C(O)c1cc(NCn2nnc3cc([N+](=O)[O-])ccc32)ccc1O. The zero-order chi connectivity index (χ0) is 17.3. The van der Waals surface area contributed by atoms with Gasteiger partial charge in [-0.25, -0.2) is 9.48 Å². The first kappa shape index (κ1) is 15.2. The van der Waals surface area contributed by atoms with Gasteiger partial charge in [0.25, 0.3) is 5.69 Å². The summed E-state index contributed by atoms with van der Waals surface area (Å²) in [5, 5.41) is 39.9. The van der Waals surface area contributed by atoms with E-state index in [2.05, 4.69) is 15.6 Å². The van der Waals surface area contributed by atoms with E-state index in [4.69, 9.17) is 5.11 Å². The molecule has 10 nitrogen and oxygen atoms in total. The second kappa shape index (κ2) is 5.83. The molecule has 0 bridgehead atoms. The molecule has 0 radical (unpaired) electrons. The molecule has 0 saturated heterocycles. The summed E-state index contributed by atoms with van der Waals surface area (Å²) in [6, 6.07) is 8.30. The number of aromatic carboxylic acids is 1. The highest BCUT2D eigenvalue weighted by molar-refractivity contribution is 5.92. The molecule has 0 aliphatic rings. The summed E-state index contributed by atoms with van der Waals surface area (Å²) >= 11 is 0. The van der Waals surface area contributed by atoms with Crippen molar-refractivity contribution in [3.63, 3.8) is 0 Å². The lowest BCUT2D eigenvalue weighted by atomic mass is 10.2. The number of nitro groups is 1. The van der Waals surface area contributed by atoms with Crippen molar-refractivity contribution < 1.29 is 19.9 Å². The zero-order valence-electron chi connectivity index (χ0n) is 12.1. The Kier molecular flexibility index (Phi) is 3.70. The number of carbonyl (C=O) groups is 1. The summed E-state index contributed by atoms with van der Waals surface area (Å²) in [7, 11) is 0. The summed E-state index contributed by atoms with van der Waals surface area (Å²) < 4.78 is 1.48. The van der Waals surface area contributed by atoms with E-state index in [1.807, 2.05) is 0 Å². The van der Waals surface area contributed by atoms with E-state index in [-0.39, 0.29) is 23.7 Å². The van der Waals surface area contributed by atoms with Gasteiger partial charge < -0.3 is 15.5 Å². The number of carboxylic acids is 1. The zero-order valence-corrected chi connectivity index (χ0v) is 12.1. The van der Waals surface area contributed by atoms with Crippen molar-refractivity contribution in [2.75, 3.05) is 5.32 Å². The fourth-order valence-electron chi connectivity index (χ4n) is 2.17. The minimum Gasteiger partial charge on any atom is -0.507 e. The van der Waals surface area contributed by atoms with Crippen LogP contribution in [0.1, 0.15) is 10.4 Å². The summed E-state index contributed by atoms with van der Waals surface area (Å²) in [5.74, 6) is -1.57. The van der Waals surface area contributed by atoms with Gasteiger partial charge in [-0.05, 0) is 24.3 Å². The first-order valence-electron chi connectivity index (χ1n) is 6.73. The number of nitrogens with zero attached hydrogens (tertiary/aromatic N) is 4. The largest absolute Gasteiger partial charge is 0.507 e. The molecule has 0 atom stereocenters. The molecule has 1 heterocycles. The number of aromatic hydroxyl groups is 1. The maximum Gasteiger partial charge on any atom is 0.339 e. The van der Waals surface area contributed by atoms with E-state index in [1.165, 1.54) is 41.1 Å². The number of hydrogen-bond donors (Lipinski definition) is 3. The van der Waals surface area contributed by atoms with Gasteiger partial charge >= 0.3 is 5.97 Å². The molecule has 0 unspecified atom stereocenters. The van der Waals surface area contributed by atoms with Crippen LogP contribution < -0.4 is 5.32 Å². The van der Waals surface area contributed by atoms with Crippen LogP contribution in [-0.2, 0) is 6.67 Å². The first-order valence-corrected chi connectivity index (χ1v) is 6.73. The molecule has 3 rings (SSSR count). The highest BCUT2D eigenvalue weighted by Gasteiger charge is 2.12. The highest BCUT2D eigenvalue weighted by Crippen LogP contribution is 2.22. The van der Waals surface area contributed by atoms with Gasteiger partial charge in [0.05, 0.1) is 10.4 Å². The Morgan fingerprint density at radius 2 is 2.08 bits per heavy atom. The van der Waals surface area contributed by atoms with Crippen molar-refractivity contribution in [3.8, 4) is 5.75 Å². The monoisotopic (exact) mass is 329 g/mol. The number of non-ortho nitro benzene ring substituents is 1. The maximum absolute atomic E-state index is 11.0. The van der Waals surface area contributed by atoms with Gasteiger partial charge in [0.1, 0.15) is 23.5 Å². The topological polar surface area (TPSA) is 143 Å². The average Bonchev–Trinajstić information content (AvgIpc) is 2.96. The Balaban J connectivity index is 1.82. The number of nitrogens with one attached hydrogen (secondary N) is 1. The second-order valence-corrected chi connectivity index (χ2v) is 4.89. The molecule has 0 aliphatic heterocycles. The van der Waals surface area contributed by atoms with Crippen molar-refractivity contribution in [2.45, 2.75) is 6.67 Å². The molecule has 0 fully saturated rings. The van der Waals surface area contributed by atoms with Crippen molar-refractivity contribution >= 4 is 28.4 Å². The van der Waals surface area contributed by atoms with Crippen LogP contribution in [0.2, 0.25) is 0 Å². The molecule has 0 spiro atoms. The van der Waals surface area contributed by atoms with Crippen molar-refractivity contribution in [1.82, 2.24) is 15.0 Å². The van der Waals surface area contributed by atoms with Gasteiger partial charge in [0.2, 0.25) is 0 Å². The third kappa shape index (κ3) is 2.79. The maximum atomic E-state index is 11.0. The van der Waals surface area contributed by atoms with Gasteiger partial charge in [-0.1, -0.05) is 5.21 Å². The number of benzene rings is 2. The van der Waals surface area contributed by atoms with E-state index in [1.54, 1.807) is 0 Å². The number of anilines is 1. The molecule has 122 valence electrons. The van der Waals surface area contributed by atoms with Crippen LogP contribution in [0.5, 0.6) is 5.75 Å². The molecule has 24 heavy (non-hydrogen) atoms. The van der Waals surface area contributed by atoms with Crippen LogP contribution in [0.4, 0.5) is 11.4 Å². The minimum atomic E-state index is -1.24. The summed E-state index contributed by atoms with van der Waals surface area (Å²) in [5.41, 5.74) is 1.13. The molecule has 1 aromatic heterocycles. The number of carboxylic acid groups (broad SMARTS) is 1. The van der Waals surface area contributed by atoms with Crippen LogP contribution in [0, 0.1) is 10.1 Å². The fourth-order valence-corrected chi connectivity index (χ4v) is 2.17. The average molecular weight is 329 g/mol. The normalized spacial score (nSPS) is 10.7. The number of nitro benzene ring substituents is 1. The van der Waals surface area contributed by atoms with Gasteiger partial charge in [-0.3, -0.25) is 10.1 Å². The van der Waals surface area contributed by atoms with E-state index >= 15 is 0 Å². The van der Waals surface area contributed by atoms with Gasteiger partial charge in [-0.15, -0.1) is 5.10 Å². The second-order valence-electron chi connectivity index (χ2n) is 4.89. The molecule has 3 aromatic rings. The third-order valence-electron chi connectivity index (χ3n) is 3.37. The lowest BCUT2D eigenvalue weighted by Gasteiger charge is -2.08. The Hall–Kier alpha value is -3.69. The van der Waals surface area contributed by atoms with Crippen LogP contribution in [0.25, 0.3) is 11.0 Å². The summed E-state index contributed by atoms with van der Waals surface area (Å²) in [6.07, 6.45) is 0. The molecule has 0 saturated carbocycles. The molecular weight excluding hydrogens is 318 g/mol. The minimum absolute atomic E-state index is 0.0767. The molecular formula is C14H11N5O5. The number of aromatic nitrogens is 3. The van der Waals surface area contributed by atoms with E-state index in [0.29, 0.717) is 16.7 Å². The Bertz CT molecular complexity index is 952. The summed E-state index contributed by atoms with van der Waals surface area (Å²) in [6.45, 7) is 0.165. The lowest BCUT2D eigenvalue weighted by Crippen LogP contribution is -2.10. The first-order chi connectivity index (χ1) is 11.5. The van der Waals surface area contributed by atoms with E-state index < -0.39 is 10.9 Å². The predicted octanol–water partition coefficient (Wildman–Crippen LogP) is 1.81. The molecule has 0 amide bonds. The van der Waals surface area contributed by atoms with Gasteiger partial charge in [0.15, 0.2) is 0 Å². The van der Waals surface area contributed by atoms with Crippen molar-refractivity contribution in [3.05, 3.63) is 52.1 Å². The molecule has 3 N–H and O–H groups in total. The standard InChI is InChI=1S/C14H11N5O5/c20-13-4-1-8(5-10(13)14(21)22)15-7-18-12-3-2-9(19(23)24)6-11(12)16-17-18/h1-6,15,20H,7H2,(H,21,22). The van der Waals surface area contributed by atoms with Crippen LogP contribution in [0.3, 0.4) is 0 Å². The summed E-state index contributed by atoms with van der Waals surface area (Å²) in [4.78, 5) is 21.2. The van der Waals surface area contributed by atoms with Crippen LogP contribution >= 0.6 is 0 Å². The van der Waals surface area contributed by atoms with Crippen LogP contribution in [-0.4, -0.2) is 36.1 Å². The predicted molar refractivity (Wildman–Crippen MR) is 82.9 cm³/mol. The quantitative estimate of drug-likeness (QED) is 0.365. The third-order valence-corrected chi connectivity index (χ3v) is 3.37. The number of phenols is 1.